The van der Waals surface area contributed by atoms with Crippen LogP contribution in [0, 0.1) is 5.92 Å². The van der Waals surface area contributed by atoms with E-state index in [-0.39, 0.29) is 6.10 Å². The first kappa shape index (κ1) is 18.9. The maximum absolute atomic E-state index is 10.1. The lowest BCUT2D eigenvalue weighted by Gasteiger charge is -2.21. The molecule has 0 saturated carbocycles. The maximum Gasteiger partial charge on any atom is 0.0774 e. The Morgan fingerprint density at radius 3 is 2.64 bits per heavy atom. The summed E-state index contributed by atoms with van der Waals surface area (Å²) in [7, 11) is 0. The van der Waals surface area contributed by atoms with Crippen molar-refractivity contribution in [1.82, 2.24) is 0 Å². The fourth-order valence-corrected chi connectivity index (χ4v) is 2.64. The van der Waals surface area contributed by atoms with Crippen molar-refractivity contribution < 1.29 is 10.2 Å². The molecule has 0 aromatic carbocycles. The van der Waals surface area contributed by atoms with E-state index in [0.29, 0.717) is 5.92 Å². The highest BCUT2D eigenvalue weighted by Crippen LogP contribution is 2.28. The molecule has 0 fully saturated rings. The number of aliphatic hydroxyl groups excluding tert-OH is 1. The lowest BCUT2D eigenvalue weighted by molar-refractivity contribution is 0.133. The van der Waals surface area contributed by atoms with Crippen molar-refractivity contribution in [1.29, 1.82) is 0 Å². The van der Waals surface area contributed by atoms with Crippen molar-refractivity contribution >= 4 is 0 Å². The number of hydrogen-bond donors (Lipinski definition) is 2. The number of hydrogen-bond acceptors (Lipinski definition) is 2. The zero-order valence-corrected chi connectivity index (χ0v) is 14.6. The molecule has 22 heavy (non-hydrogen) atoms. The molecule has 0 amide bonds. The Hall–Kier alpha value is -1.12. The van der Waals surface area contributed by atoms with E-state index in [1.54, 1.807) is 19.9 Å². The van der Waals surface area contributed by atoms with E-state index in [2.05, 4.69) is 32.6 Å². The lowest BCUT2D eigenvalue weighted by atomic mass is 9.86. The van der Waals surface area contributed by atoms with Gasteiger partial charge < -0.3 is 10.2 Å². The van der Waals surface area contributed by atoms with Crippen LogP contribution in [0.4, 0.5) is 0 Å². The minimum atomic E-state index is -0.776. The third-order valence-corrected chi connectivity index (χ3v) is 4.36. The normalized spacial score (nSPS) is 28.5. The Morgan fingerprint density at radius 2 is 2.00 bits per heavy atom. The van der Waals surface area contributed by atoms with E-state index in [1.807, 2.05) is 6.08 Å². The minimum absolute atomic E-state index is 0.374. The molecule has 2 atom stereocenters. The van der Waals surface area contributed by atoms with Gasteiger partial charge in [-0.2, -0.15) is 0 Å². The highest BCUT2D eigenvalue weighted by molar-refractivity contribution is 5.18. The molecule has 0 aromatic heterocycles. The molecular formula is C20H32O2. The SMILES string of the molecule is C=C1CC[C@H](/C(C)=C/C=C/C(C)(C)O)C/C=C(\C)CC[C@@H]1O. The van der Waals surface area contributed by atoms with Crippen molar-refractivity contribution in [3.63, 3.8) is 0 Å². The third kappa shape index (κ3) is 7.24. The monoisotopic (exact) mass is 304 g/mol. The standard InChI is InChI=1S/C20H32O2/c1-15-8-11-18(12-10-17(3)19(21)13-9-15)16(2)7-6-14-20(4,5)22/h6-8,14,18-19,21-22H,3,9-13H2,1-2,4-5H3/b14-6+,15-8+,16-7+/t18-,19+/m1/s1. The van der Waals surface area contributed by atoms with Crippen LogP contribution in [0.5, 0.6) is 0 Å². The second kappa shape index (κ2) is 8.50. The fourth-order valence-electron chi connectivity index (χ4n) is 2.64. The predicted molar refractivity (Wildman–Crippen MR) is 94.7 cm³/mol. The van der Waals surface area contributed by atoms with Crippen LogP contribution in [-0.2, 0) is 0 Å². The first-order valence-electron chi connectivity index (χ1n) is 8.29. The lowest BCUT2D eigenvalue weighted by Crippen LogP contribution is -2.14. The summed E-state index contributed by atoms with van der Waals surface area (Å²) < 4.78 is 0. The molecule has 1 aliphatic carbocycles. The first-order valence-corrected chi connectivity index (χ1v) is 8.29. The summed E-state index contributed by atoms with van der Waals surface area (Å²) in [6.07, 6.45) is 12.4. The Balaban J connectivity index is 2.83. The molecule has 1 aliphatic rings. The van der Waals surface area contributed by atoms with Gasteiger partial charge in [0.2, 0.25) is 0 Å². The molecule has 0 spiro atoms. The van der Waals surface area contributed by atoms with Gasteiger partial charge in [0.15, 0.2) is 0 Å². The molecule has 0 saturated heterocycles. The topological polar surface area (TPSA) is 40.5 Å². The van der Waals surface area contributed by atoms with Gasteiger partial charge in [0.05, 0.1) is 11.7 Å². The Bertz CT molecular complexity index is 461. The summed E-state index contributed by atoms with van der Waals surface area (Å²) in [6.45, 7) is 11.9. The van der Waals surface area contributed by atoms with E-state index in [1.165, 1.54) is 11.1 Å². The molecule has 0 aliphatic heterocycles. The average Bonchev–Trinajstić information content (AvgIpc) is 2.42. The van der Waals surface area contributed by atoms with Crippen LogP contribution in [0.3, 0.4) is 0 Å². The van der Waals surface area contributed by atoms with Gasteiger partial charge in [-0.25, -0.2) is 0 Å². The smallest absolute Gasteiger partial charge is 0.0774 e. The summed E-state index contributed by atoms with van der Waals surface area (Å²) in [5, 5.41) is 19.8. The summed E-state index contributed by atoms with van der Waals surface area (Å²) in [6, 6.07) is 0. The van der Waals surface area contributed by atoms with Crippen LogP contribution in [-0.4, -0.2) is 21.9 Å². The minimum Gasteiger partial charge on any atom is -0.389 e. The fraction of sp³-hybridized carbons (Fsp3) is 0.600. The molecule has 0 radical (unpaired) electrons. The first-order chi connectivity index (χ1) is 10.2. The van der Waals surface area contributed by atoms with Crippen molar-refractivity contribution in [2.24, 2.45) is 5.92 Å². The van der Waals surface area contributed by atoms with Crippen molar-refractivity contribution in [3.05, 3.63) is 47.6 Å². The molecule has 2 heteroatoms. The highest BCUT2D eigenvalue weighted by Gasteiger charge is 2.16. The third-order valence-electron chi connectivity index (χ3n) is 4.36. The summed E-state index contributed by atoms with van der Waals surface area (Å²) in [4.78, 5) is 0. The molecule has 0 aromatic rings. The van der Waals surface area contributed by atoms with Crippen LogP contribution < -0.4 is 0 Å². The van der Waals surface area contributed by atoms with E-state index in [4.69, 9.17) is 0 Å². The van der Waals surface area contributed by atoms with Gasteiger partial charge in [0.25, 0.3) is 0 Å². The summed E-state index contributed by atoms with van der Waals surface area (Å²) in [5.41, 5.74) is 2.84. The van der Waals surface area contributed by atoms with Gasteiger partial charge in [-0.1, -0.05) is 42.0 Å². The van der Waals surface area contributed by atoms with Crippen LogP contribution in [0.1, 0.15) is 59.8 Å². The van der Waals surface area contributed by atoms with Gasteiger partial charge in [0, 0.05) is 0 Å². The quantitative estimate of drug-likeness (QED) is 0.586. The van der Waals surface area contributed by atoms with Crippen molar-refractivity contribution in [2.45, 2.75) is 71.5 Å². The highest BCUT2D eigenvalue weighted by atomic mass is 16.3. The van der Waals surface area contributed by atoms with Crippen LogP contribution in [0.2, 0.25) is 0 Å². The van der Waals surface area contributed by atoms with Gasteiger partial charge in [-0.15, -0.1) is 0 Å². The Morgan fingerprint density at radius 1 is 1.32 bits per heavy atom. The molecule has 124 valence electrons. The van der Waals surface area contributed by atoms with Crippen molar-refractivity contribution in [3.8, 4) is 0 Å². The van der Waals surface area contributed by atoms with Crippen LogP contribution in [0.25, 0.3) is 0 Å². The zero-order valence-electron chi connectivity index (χ0n) is 14.6. The molecule has 0 unspecified atom stereocenters. The Kier molecular flexibility index (Phi) is 7.31. The van der Waals surface area contributed by atoms with Crippen molar-refractivity contribution in [2.75, 3.05) is 0 Å². The Labute approximate surface area is 135 Å². The van der Waals surface area contributed by atoms with Gasteiger partial charge in [0.1, 0.15) is 0 Å². The van der Waals surface area contributed by atoms with Gasteiger partial charge in [-0.05, 0) is 71.3 Å². The van der Waals surface area contributed by atoms with E-state index in [0.717, 1.165) is 37.7 Å². The second-order valence-electron chi connectivity index (χ2n) is 7.16. The maximum atomic E-state index is 10.1. The molecule has 1 rings (SSSR count). The molecular weight excluding hydrogens is 272 g/mol. The molecule has 2 N–H and O–H groups in total. The van der Waals surface area contributed by atoms with Crippen LogP contribution in [0.15, 0.2) is 47.6 Å². The summed E-state index contributed by atoms with van der Waals surface area (Å²) in [5.74, 6) is 0.462. The van der Waals surface area contributed by atoms with E-state index < -0.39 is 5.60 Å². The summed E-state index contributed by atoms with van der Waals surface area (Å²) >= 11 is 0. The molecule has 2 nitrogen and oxygen atoms in total. The largest absolute Gasteiger partial charge is 0.389 e. The van der Waals surface area contributed by atoms with E-state index in [9.17, 15) is 10.2 Å². The predicted octanol–water partition coefficient (Wildman–Crippen LogP) is 4.70. The van der Waals surface area contributed by atoms with E-state index >= 15 is 0 Å². The molecule has 0 heterocycles. The average molecular weight is 304 g/mol. The molecule has 0 bridgehead atoms. The number of allylic oxidation sites excluding steroid dienone is 5. The van der Waals surface area contributed by atoms with Crippen LogP contribution >= 0.6 is 0 Å². The van der Waals surface area contributed by atoms with Gasteiger partial charge >= 0.3 is 0 Å². The number of aliphatic hydroxyl groups is 2. The van der Waals surface area contributed by atoms with Gasteiger partial charge in [-0.3, -0.25) is 0 Å². The number of rotatable bonds is 3. The zero-order chi connectivity index (χ0) is 16.8. The second-order valence-corrected chi connectivity index (χ2v) is 7.16.